The minimum Gasteiger partial charge on any atom is -0.462 e. The van der Waals surface area contributed by atoms with Crippen LogP contribution in [0.4, 0.5) is 10.1 Å². The van der Waals surface area contributed by atoms with Crippen molar-refractivity contribution in [2.75, 3.05) is 11.9 Å². The molecule has 0 atom stereocenters. The van der Waals surface area contributed by atoms with E-state index in [0.717, 1.165) is 18.0 Å². The van der Waals surface area contributed by atoms with Crippen LogP contribution in [0.2, 0.25) is 0 Å². The summed E-state index contributed by atoms with van der Waals surface area (Å²) >= 11 is 0.834. The lowest BCUT2D eigenvalue weighted by Crippen LogP contribution is -2.08. The summed E-state index contributed by atoms with van der Waals surface area (Å²) in [6.07, 6.45) is 1.08. The van der Waals surface area contributed by atoms with Crippen LogP contribution in [0.15, 0.2) is 34.9 Å². The summed E-state index contributed by atoms with van der Waals surface area (Å²) in [5.74, 6) is -1.37. The second-order valence-electron chi connectivity index (χ2n) is 3.37. The van der Waals surface area contributed by atoms with Crippen molar-refractivity contribution in [1.29, 1.82) is 10.5 Å². The van der Waals surface area contributed by atoms with E-state index < -0.39 is 11.8 Å². The van der Waals surface area contributed by atoms with Crippen LogP contribution in [0.5, 0.6) is 0 Å². The molecule has 0 radical (unpaired) electrons. The van der Waals surface area contributed by atoms with Crippen molar-refractivity contribution in [3.05, 3.63) is 35.8 Å². The second kappa shape index (κ2) is 7.82. The molecule has 20 heavy (non-hydrogen) atoms. The molecule has 0 aromatic heterocycles. The number of hydrogen-bond acceptors (Lipinski definition) is 6. The van der Waals surface area contributed by atoms with E-state index in [9.17, 15) is 9.18 Å². The van der Waals surface area contributed by atoms with Crippen molar-refractivity contribution < 1.29 is 13.9 Å². The highest BCUT2D eigenvalue weighted by atomic mass is 32.2. The fourth-order valence-electron chi connectivity index (χ4n) is 1.22. The number of nitrogens with one attached hydrogen (secondary N) is 1. The zero-order valence-electron chi connectivity index (χ0n) is 10.5. The van der Waals surface area contributed by atoms with Gasteiger partial charge < -0.3 is 10.1 Å². The Bertz CT molecular complexity index is 617. The summed E-state index contributed by atoms with van der Waals surface area (Å²) < 4.78 is 18.3. The van der Waals surface area contributed by atoms with Crippen LogP contribution in [0, 0.1) is 27.8 Å². The Balaban J connectivity index is 2.86. The Morgan fingerprint density at radius 3 is 2.85 bits per heavy atom. The van der Waals surface area contributed by atoms with Crippen LogP contribution < -0.4 is 5.32 Å². The summed E-state index contributed by atoms with van der Waals surface area (Å²) in [7, 11) is 0. The summed E-state index contributed by atoms with van der Waals surface area (Å²) in [5.41, 5.74) is -0.175. The van der Waals surface area contributed by atoms with Crippen molar-refractivity contribution in [2.45, 2.75) is 11.8 Å². The van der Waals surface area contributed by atoms with E-state index in [2.05, 4.69) is 10.1 Å². The first kappa shape index (κ1) is 15.5. The van der Waals surface area contributed by atoms with Crippen LogP contribution in [0.25, 0.3) is 0 Å². The first-order valence-electron chi connectivity index (χ1n) is 5.51. The molecule has 0 saturated heterocycles. The number of nitriles is 2. The predicted molar refractivity (Wildman–Crippen MR) is 71.8 cm³/mol. The lowest BCUT2D eigenvalue weighted by Gasteiger charge is -2.05. The molecular formula is C13H10FN3O2S. The maximum absolute atomic E-state index is 13.7. The first-order valence-corrected chi connectivity index (χ1v) is 6.33. The quantitative estimate of drug-likeness (QED) is 0.295. The Morgan fingerprint density at radius 2 is 2.30 bits per heavy atom. The van der Waals surface area contributed by atoms with Gasteiger partial charge in [-0.05, 0) is 36.9 Å². The lowest BCUT2D eigenvalue weighted by molar-refractivity contribution is -0.138. The van der Waals surface area contributed by atoms with Gasteiger partial charge in [-0.25, -0.2) is 9.18 Å². The zero-order valence-corrected chi connectivity index (χ0v) is 11.3. The molecule has 0 aliphatic rings. The molecule has 0 amide bonds. The van der Waals surface area contributed by atoms with Gasteiger partial charge in [0.15, 0.2) is 5.57 Å². The highest BCUT2D eigenvalue weighted by Gasteiger charge is 2.10. The first-order chi connectivity index (χ1) is 9.62. The van der Waals surface area contributed by atoms with E-state index in [1.807, 2.05) is 5.40 Å². The number of hydrogen-bond donors (Lipinski definition) is 1. The molecule has 1 aromatic carbocycles. The molecule has 102 valence electrons. The average Bonchev–Trinajstić information content (AvgIpc) is 2.42. The van der Waals surface area contributed by atoms with Crippen molar-refractivity contribution in [3.8, 4) is 11.5 Å². The predicted octanol–water partition coefficient (Wildman–Crippen LogP) is 2.78. The third kappa shape index (κ3) is 4.30. The van der Waals surface area contributed by atoms with Crippen molar-refractivity contribution in [2.24, 2.45) is 0 Å². The molecule has 7 heteroatoms. The van der Waals surface area contributed by atoms with E-state index in [0.29, 0.717) is 4.90 Å². The Morgan fingerprint density at radius 1 is 1.55 bits per heavy atom. The van der Waals surface area contributed by atoms with Gasteiger partial charge in [0.25, 0.3) is 0 Å². The van der Waals surface area contributed by atoms with Gasteiger partial charge in [-0.1, -0.05) is 0 Å². The second-order valence-corrected chi connectivity index (χ2v) is 4.23. The topological polar surface area (TPSA) is 85.9 Å². The fraction of sp³-hybridized carbons (Fsp3) is 0.154. The number of anilines is 1. The Hall–Kier alpha value is -2.51. The number of carbonyl (C=O) groups excluding carboxylic acids is 1. The van der Waals surface area contributed by atoms with Gasteiger partial charge in [0, 0.05) is 11.1 Å². The normalized spacial score (nSPS) is 10.3. The molecule has 1 N–H and O–H groups in total. The summed E-state index contributed by atoms with van der Waals surface area (Å²) in [5, 5.41) is 21.6. The maximum atomic E-state index is 13.7. The summed E-state index contributed by atoms with van der Waals surface area (Å²) in [4.78, 5) is 11.8. The number of carbonyl (C=O) groups is 1. The molecule has 0 spiro atoms. The minimum atomic E-state index is -0.778. The van der Waals surface area contributed by atoms with Crippen molar-refractivity contribution >= 4 is 23.4 Å². The number of esters is 1. The van der Waals surface area contributed by atoms with Gasteiger partial charge in [-0.2, -0.15) is 10.5 Å². The summed E-state index contributed by atoms with van der Waals surface area (Å²) in [6.45, 7) is 1.76. The van der Waals surface area contributed by atoms with Gasteiger partial charge in [0.2, 0.25) is 0 Å². The molecule has 1 aromatic rings. The van der Waals surface area contributed by atoms with E-state index in [-0.39, 0.29) is 17.9 Å². The molecular weight excluding hydrogens is 281 g/mol. The van der Waals surface area contributed by atoms with Crippen molar-refractivity contribution in [1.82, 2.24) is 0 Å². The molecule has 0 fully saturated rings. The van der Waals surface area contributed by atoms with Crippen LogP contribution in [-0.2, 0) is 9.53 Å². The average molecular weight is 291 g/mol. The fourth-order valence-corrected chi connectivity index (χ4v) is 1.63. The molecule has 0 aliphatic heterocycles. The SMILES string of the molecule is CCOC(=O)/C(C#N)=C/Nc1ccc(SC#N)cc1F. The number of benzene rings is 1. The Kier molecular flexibility index (Phi) is 6.08. The van der Waals surface area contributed by atoms with Crippen LogP contribution in [0.3, 0.4) is 0 Å². The Labute approximate surface area is 119 Å². The van der Waals surface area contributed by atoms with Crippen LogP contribution >= 0.6 is 11.8 Å². The number of halogens is 1. The van der Waals surface area contributed by atoms with Gasteiger partial charge in [0.1, 0.15) is 17.3 Å². The number of ether oxygens (including phenoxy) is 1. The molecule has 1 rings (SSSR count). The molecule has 0 aliphatic carbocycles. The van der Waals surface area contributed by atoms with Gasteiger partial charge >= 0.3 is 5.97 Å². The van der Waals surface area contributed by atoms with Crippen LogP contribution in [-0.4, -0.2) is 12.6 Å². The molecule has 0 heterocycles. The summed E-state index contributed by atoms with van der Waals surface area (Å²) in [6, 6.07) is 5.80. The van der Waals surface area contributed by atoms with E-state index in [4.69, 9.17) is 10.5 Å². The number of rotatable bonds is 5. The lowest BCUT2D eigenvalue weighted by atomic mass is 10.3. The zero-order chi connectivity index (χ0) is 15.0. The largest absolute Gasteiger partial charge is 0.462 e. The van der Waals surface area contributed by atoms with Gasteiger partial charge in [-0.15, -0.1) is 0 Å². The molecule has 0 saturated carbocycles. The highest BCUT2D eigenvalue weighted by Crippen LogP contribution is 2.22. The molecule has 0 unspecified atom stereocenters. The van der Waals surface area contributed by atoms with E-state index >= 15 is 0 Å². The maximum Gasteiger partial charge on any atom is 0.350 e. The molecule has 5 nitrogen and oxygen atoms in total. The molecule has 0 bridgehead atoms. The van der Waals surface area contributed by atoms with E-state index in [1.54, 1.807) is 19.1 Å². The van der Waals surface area contributed by atoms with Gasteiger partial charge in [0.05, 0.1) is 12.3 Å². The smallest absolute Gasteiger partial charge is 0.350 e. The monoisotopic (exact) mass is 291 g/mol. The third-order valence-electron chi connectivity index (χ3n) is 2.09. The van der Waals surface area contributed by atoms with Crippen LogP contribution in [0.1, 0.15) is 6.92 Å². The third-order valence-corrected chi connectivity index (χ3v) is 2.67. The van der Waals surface area contributed by atoms with Gasteiger partial charge in [-0.3, -0.25) is 0 Å². The number of thiocyanates is 1. The number of thioether (sulfide) groups is 1. The van der Waals surface area contributed by atoms with E-state index in [1.165, 1.54) is 12.1 Å². The van der Waals surface area contributed by atoms with Crippen molar-refractivity contribution in [3.63, 3.8) is 0 Å². The number of nitrogens with zero attached hydrogens (tertiary/aromatic N) is 2. The standard InChI is InChI=1S/C13H10FN3O2S/c1-2-19-13(18)9(6-15)7-17-12-4-3-10(20-8-16)5-11(12)14/h3-5,7,17H,2H2,1H3/b9-7+. The minimum absolute atomic E-state index is 0.0874. The highest BCUT2D eigenvalue weighted by molar-refractivity contribution is 8.03.